The summed E-state index contributed by atoms with van der Waals surface area (Å²) in [5.41, 5.74) is 10.6. The molecule has 48 heavy (non-hydrogen) atoms. The number of ether oxygens (including phenoxy) is 2. The molecule has 0 saturated heterocycles. The lowest BCUT2D eigenvalue weighted by Gasteiger charge is -2.06. The van der Waals surface area contributed by atoms with Crippen molar-refractivity contribution in [2.24, 2.45) is 0 Å². The molecule has 8 nitrogen and oxygen atoms in total. The Labute approximate surface area is 283 Å². The van der Waals surface area contributed by atoms with Crippen LogP contribution < -0.4 is 21.4 Å². The van der Waals surface area contributed by atoms with Gasteiger partial charge >= 0.3 is 11.9 Å². The molecule has 0 saturated carbocycles. The van der Waals surface area contributed by atoms with E-state index in [1.807, 2.05) is 0 Å². The van der Waals surface area contributed by atoms with E-state index in [0.29, 0.717) is 38.9 Å². The molecule has 0 unspecified atom stereocenters. The van der Waals surface area contributed by atoms with Gasteiger partial charge in [-0.15, -0.1) is 0 Å². The Morgan fingerprint density at radius 1 is 0.583 bits per heavy atom. The quantitative estimate of drug-likeness (QED) is 0.0976. The van der Waals surface area contributed by atoms with Gasteiger partial charge in [-0.2, -0.15) is 0 Å². The molecule has 4 N–H and O–H groups in total. The molecule has 0 aliphatic carbocycles. The number of aromatic amines is 4. The first-order chi connectivity index (χ1) is 23.2. The minimum Gasteiger partial charge on any atom is -0.466 e. The summed E-state index contributed by atoms with van der Waals surface area (Å²) in [6.07, 6.45) is 16.4. The van der Waals surface area contributed by atoms with E-state index >= 15 is 0 Å². The van der Waals surface area contributed by atoms with Crippen LogP contribution in [0.5, 0.6) is 0 Å². The van der Waals surface area contributed by atoms with E-state index in [9.17, 15) is 9.59 Å². The minimum absolute atomic E-state index is 0.173. The largest absolute Gasteiger partial charge is 0.466 e. The van der Waals surface area contributed by atoms with Crippen LogP contribution in [0.3, 0.4) is 0 Å². The van der Waals surface area contributed by atoms with Crippen molar-refractivity contribution < 1.29 is 19.1 Å². The summed E-state index contributed by atoms with van der Waals surface area (Å²) in [5, 5.41) is 3.97. The number of unbranched alkanes of at least 4 members (excludes halogenated alkanes) is 4. The van der Waals surface area contributed by atoms with Gasteiger partial charge in [-0.05, 0) is 123 Å². The summed E-state index contributed by atoms with van der Waals surface area (Å²) in [6.45, 7) is 13.7. The van der Waals surface area contributed by atoms with Crippen LogP contribution in [-0.2, 0) is 31.9 Å². The van der Waals surface area contributed by atoms with Crippen molar-refractivity contribution in [3.63, 3.8) is 0 Å². The summed E-state index contributed by atoms with van der Waals surface area (Å²) in [4.78, 5) is 40.0. The maximum absolute atomic E-state index is 12.7. The Bertz CT molecular complexity index is 2000. The Morgan fingerprint density at radius 3 is 1.90 bits per heavy atom. The van der Waals surface area contributed by atoms with Crippen LogP contribution in [0.15, 0.2) is 12.1 Å². The average Bonchev–Trinajstić information content (AvgIpc) is 3.75. The van der Waals surface area contributed by atoms with Gasteiger partial charge in [-0.25, -0.2) is 0 Å². The molecule has 4 aromatic rings. The number of nitrogens with one attached hydrogen (secondary N) is 4. The highest BCUT2D eigenvalue weighted by atomic mass is 16.5. The molecule has 0 amide bonds. The molecule has 0 atom stereocenters. The van der Waals surface area contributed by atoms with Crippen molar-refractivity contribution in [2.75, 3.05) is 13.2 Å². The molecule has 0 radical (unpaired) electrons. The van der Waals surface area contributed by atoms with Crippen molar-refractivity contribution in [3.05, 3.63) is 89.7 Å². The normalized spacial score (nSPS) is 12.1. The van der Waals surface area contributed by atoms with Crippen LogP contribution in [0.25, 0.3) is 24.3 Å². The molecule has 8 bridgehead atoms. The fourth-order valence-electron chi connectivity index (χ4n) is 6.47. The van der Waals surface area contributed by atoms with Crippen molar-refractivity contribution in [1.29, 1.82) is 0 Å². The first kappa shape index (κ1) is 34.9. The number of esters is 2. The number of fused-ring (bicyclic) bond motifs is 8. The third kappa shape index (κ3) is 8.52. The number of carbonyl (C=O) groups is 2. The molecule has 0 spiro atoms. The van der Waals surface area contributed by atoms with Gasteiger partial charge < -0.3 is 29.4 Å². The number of hydrogen-bond donors (Lipinski definition) is 4. The zero-order chi connectivity index (χ0) is 34.2. The lowest BCUT2D eigenvalue weighted by molar-refractivity contribution is -0.144. The Balaban J connectivity index is 1.60. The third-order valence-corrected chi connectivity index (χ3v) is 9.41. The number of carbonyl (C=O) groups excluding carboxylic acids is 2. The van der Waals surface area contributed by atoms with Crippen LogP contribution in [-0.4, -0.2) is 45.1 Å². The second-order valence-electron chi connectivity index (χ2n) is 13.2. The van der Waals surface area contributed by atoms with Gasteiger partial charge in [-0.1, -0.05) is 39.5 Å². The van der Waals surface area contributed by atoms with Crippen LogP contribution in [0, 0.1) is 27.7 Å². The van der Waals surface area contributed by atoms with E-state index in [0.717, 1.165) is 116 Å². The number of aromatic nitrogens is 4. The predicted octanol–water partition coefficient (Wildman–Crippen LogP) is 5.19. The summed E-state index contributed by atoms with van der Waals surface area (Å²) in [5.74, 6) is -0.346. The topological polar surface area (TPSA) is 116 Å². The molecule has 5 rings (SSSR count). The summed E-state index contributed by atoms with van der Waals surface area (Å²) < 4.78 is 11.1. The standard InChI is InChI=1S/C40H52N4O4/c1-7-9-11-17-47-39(45)15-13-31-27(5)35-22-30-19-25(3)33(41-30)21-29-20-26(4)34(42-29)23-36-28(6)32(38(44-36)24-37(31)43-35)14-16-40(46)48-18-12-10-8-2/h19-24,41-44H,7-18H2,1-6H3. The smallest absolute Gasteiger partial charge is 0.306 e. The Morgan fingerprint density at radius 2 is 1.23 bits per heavy atom. The molecular formula is C40H52N4O4. The van der Waals surface area contributed by atoms with E-state index in [-0.39, 0.29) is 11.9 Å². The van der Waals surface area contributed by atoms with Crippen molar-refractivity contribution in [2.45, 2.75) is 106 Å². The SMILES string of the molecule is CCCCCOC(=O)CCc1c2[nH]c(c1C)C=c1[nH]c(cc1C)=Cc1[nH]c(cc1C)C=c1[nH]c(c(CCC(=O)OCCCCC)c1C)=C2. The number of rotatable bonds is 14. The van der Waals surface area contributed by atoms with Crippen molar-refractivity contribution in [1.82, 2.24) is 19.9 Å². The molecule has 1 aliphatic heterocycles. The monoisotopic (exact) mass is 652 g/mol. The summed E-state index contributed by atoms with van der Waals surface area (Å²) in [6, 6.07) is 4.32. The van der Waals surface area contributed by atoms with Crippen LogP contribution in [0.4, 0.5) is 0 Å². The molecular weight excluding hydrogens is 600 g/mol. The highest BCUT2D eigenvalue weighted by molar-refractivity contribution is 5.71. The van der Waals surface area contributed by atoms with E-state index in [2.05, 4.69) is 97.9 Å². The highest BCUT2D eigenvalue weighted by Gasteiger charge is 2.17. The maximum atomic E-state index is 12.7. The van der Waals surface area contributed by atoms with Gasteiger partial charge in [0.15, 0.2) is 0 Å². The molecule has 4 aromatic heterocycles. The summed E-state index contributed by atoms with van der Waals surface area (Å²) in [7, 11) is 0. The molecule has 1 aliphatic rings. The van der Waals surface area contributed by atoms with Gasteiger partial charge in [0.2, 0.25) is 0 Å². The molecule has 5 heterocycles. The first-order valence-corrected chi connectivity index (χ1v) is 17.7. The van der Waals surface area contributed by atoms with Crippen molar-refractivity contribution >= 4 is 36.2 Å². The van der Waals surface area contributed by atoms with Crippen LogP contribution >= 0.6 is 0 Å². The van der Waals surface area contributed by atoms with Crippen LogP contribution in [0.2, 0.25) is 0 Å². The predicted molar refractivity (Wildman–Crippen MR) is 192 cm³/mol. The molecule has 0 fully saturated rings. The van der Waals surface area contributed by atoms with E-state index in [4.69, 9.17) is 9.47 Å². The molecule has 0 aromatic carbocycles. The fourth-order valence-corrected chi connectivity index (χ4v) is 6.47. The van der Waals surface area contributed by atoms with Gasteiger partial charge in [0, 0.05) is 57.0 Å². The fraction of sp³-hybridized carbons (Fsp3) is 0.450. The highest BCUT2D eigenvalue weighted by Crippen LogP contribution is 2.22. The zero-order valence-corrected chi connectivity index (χ0v) is 29.6. The lowest BCUT2D eigenvalue weighted by atomic mass is 10.0. The lowest BCUT2D eigenvalue weighted by Crippen LogP contribution is -2.14. The number of H-pyrrole nitrogens is 4. The van der Waals surface area contributed by atoms with Crippen molar-refractivity contribution in [3.8, 4) is 0 Å². The summed E-state index contributed by atoms with van der Waals surface area (Å²) >= 11 is 0. The minimum atomic E-state index is -0.173. The molecule has 256 valence electrons. The maximum Gasteiger partial charge on any atom is 0.306 e. The average molecular weight is 653 g/mol. The second kappa shape index (κ2) is 16.1. The number of aryl methyl sites for hydroxylation is 2. The van der Waals surface area contributed by atoms with E-state index in [1.165, 1.54) is 0 Å². The third-order valence-electron chi connectivity index (χ3n) is 9.41. The van der Waals surface area contributed by atoms with Gasteiger partial charge in [0.25, 0.3) is 0 Å². The second-order valence-corrected chi connectivity index (χ2v) is 13.2. The van der Waals surface area contributed by atoms with E-state index in [1.54, 1.807) is 0 Å². The van der Waals surface area contributed by atoms with Gasteiger partial charge in [0.1, 0.15) is 0 Å². The Hall–Kier alpha value is -4.46. The van der Waals surface area contributed by atoms with Crippen LogP contribution in [0.1, 0.15) is 121 Å². The Kier molecular flexibility index (Phi) is 11.7. The van der Waals surface area contributed by atoms with Gasteiger partial charge in [0.05, 0.1) is 13.2 Å². The van der Waals surface area contributed by atoms with E-state index < -0.39 is 0 Å². The molecule has 8 heteroatoms. The van der Waals surface area contributed by atoms with Gasteiger partial charge in [-0.3, -0.25) is 9.59 Å². The number of hydrogen-bond acceptors (Lipinski definition) is 4. The zero-order valence-electron chi connectivity index (χ0n) is 29.6. The first-order valence-electron chi connectivity index (χ1n) is 17.7.